The van der Waals surface area contributed by atoms with Crippen LogP contribution in [0.1, 0.15) is 67.2 Å². The van der Waals surface area contributed by atoms with Crippen molar-refractivity contribution in [2.24, 2.45) is 5.41 Å². The molecular formula is C18H26N4O2S. The van der Waals surface area contributed by atoms with Crippen LogP contribution in [-0.2, 0) is 11.2 Å². The molecule has 1 aromatic heterocycles. The summed E-state index contributed by atoms with van der Waals surface area (Å²) >= 11 is 1.23. The van der Waals surface area contributed by atoms with Gasteiger partial charge in [0.25, 0.3) is 5.91 Å². The van der Waals surface area contributed by atoms with Gasteiger partial charge < -0.3 is 9.80 Å². The summed E-state index contributed by atoms with van der Waals surface area (Å²) in [6, 6.07) is 0.470. The highest BCUT2D eigenvalue weighted by Crippen LogP contribution is 2.42. The van der Waals surface area contributed by atoms with E-state index in [0.717, 1.165) is 70.3 Å². The highest BCUT2D eigenvalue weighted by Gasteiger charge is 2.46. The number of amides is 2. The lowest BCUT2D eigenvalue weighted by Gasteiger charge is -2.48. The molecule has 1 spiro atoms. The molecule has 2 aliphatic heterocycles. The van der Waals surface area contributed by atoms with Crippen LogP contribution in [0, 0.1) is 5.41 Å². The molecule has 4 rings (SSSR count). The summed E-state index contributed by atoms with van der Waals surface area (Å²) in [5.74, 6) is 0.404. The van der Waals surface area contributed by atoms with Crippen LogP contribution < -0.4 is 0 Å². The molecule has 3 heterocycles. The normalized spacial score (nSPS) is 27.2. The maximum Gasteiger partial charge on any atom is 0.267 e. The molecule has 0 unspecified atom stereocenters. The van der Waals surface area contributed by atoms with Crippen LogP contribution in [0.3, 0.4) is 0 Å². The van der Waals surface area contributed by atoms with E-state index >= 15 is 0 Å². The molecule has 1 aromatic rings. The lowest BCUT2D eigenvalue weighted by molar-refractivity contribution is -0.139. The van der Waals surface area contributed by atoms with E-state index in [9.17, 15) is 9.59 Å². The van der Waals surface area contributed by atoms with E-state index in [1.54, 1.807) is 0 Å². The fraction of sp³-hybridized carbons (Fsp3) is 0.778. The van der Waals surface area contributed by atoms with Gasteiger partial charge in [-0.15, -0.1) is 5.10 Å². The van der Waals surface area contributed by atoms with Gasteiger partial charge in [0.15, 0.2) is 0 Å². The number of piperidine rings is 2. The van der Waals surface area contributed by atoms with Crippen LogP contribution in [0.2, 0.25) is 0 Å². The second kappa shape index (κ2) is 6.67. The quantitative estimate of drug-likeness (QED) is 0.825. The molecule has 3 aliphatic rings. The monoisotopic (exact) mass is 362 g/mol. The van der Waals surface area contributed by atoms with Crippen molar-refractivity contribution >= 4 is 23.3 Å². The SMILES string of the molecule is CCCc1nnsc1C(=O)N1CCC[C@@]2(CCC(=O)N(C3CC3)C2)C1. The molecule has 1 aliphatic carbocycles. The second-order valence-electron chi connectivity index (χ2n) is 7.88. The first-order valence-corrected chi connectivity index (χ1v) is 10.3. The summed E-state index contributed by atoms with van der Waals surface area (Å²) in [5, 5.41) is 4.15. The highest BCUT2D eigenvalue weighted by atomic mass is 32.1. The van der Waals surface area contributed by atoms with Gasteiger partial charge in [0.05, 0.1) is 5.69 Å². The Kier molecular flexibility index (Phi) is 4.52. The largest absolute Gasteiger partial charge is 0.339 e. The summed E-state index contributed by atoms with van der Waals surface area (Å²) in [5.41, 5.74) is 0.934. The lowest BCUT2D eigenvalue weighted by atomic mass is 9.73. The Labute approximate surface area is 152 Å². The number of likely N-dealkylation sites (tertiary alicyclic amines) is 2. The van der Waals surface area contributed by atoms with Gasteiger partial charge in [-0.25, -0.2) is 0 Å². The van der Waals surface area contributed by atoms with E-state index in [-0.39, 0.29) is 11.3 Å². The van der Waals surface area contributed by atoms with Gasteiger partial charge in [-0.1, -0.05) is 17.8 Å². The van der Waals surface area contributed by atoms with Crippen molar-refractivity contribution in [3.8, 4) is 0 Å². The molecule has 136 valence electrons. The Morgan fingerprint density at radius 3 is 2.92 bits per heavy atom. The van der Waals surface area contributed by atoms with Crippen molar-refractivity contribution in [2.75, 3.05) is 19.6 Å². The summed E-state index contributed by atoms with van der Waals surface area (Å²) in [6.45, 7) is 4.51. The zero-order valence-electron chi connectivity index (χ0n) is 14.9. The van der Waals surface area contributed by atoms with Crippen LogP contribution in [0.4, 0.5) is 0 Å². The van der Waals surface area contributed by atoms with Gasteiger partial charge in [-0.3, -0.25) is 9.59 Å². The minimum atomic E-state index is 0.0902. The molecule has 7 heteroatoms. The number of rotatable bonds is 4. The molecule has 1 atom stereocenters. The molecule has 6 nitrogen and oxygen atoms in total. The van der Waals surface area contributed by atoms with Crippen molar-refractivity contribution in [3.05, 3.63) is 10.6 Å². The molecule has 0 radical (unpaired) electrons. The standard InChI is InChI=1S/C18H26N4O2S/c1-2-4-14-16(25-20-19-14)17(24)21-10-3-8-18(11-21)9-7-15(23)22(12-18)13-5-6-13/h13H,2-12H2,1H3/t18-/m1/s1. The third-order valence-electron chi connectivity index (χ3n) is 5.87. The fourth-order valence-corrected chi connectivity index (χ4v) is 5.07. The molecule has 1 saturated carbocycles. The van der Waals surface area contributed by atoms with Crippen LogP contribution in [0.5, 0.6) is 0 Å². The number of hydrogen-bond donors (Lipinski definition) is 0. The molecule has 3 fully saturated rings. The zero-order chi connectivity index (χ0) is 17.4. The first-order valence-electron chi connectivity index (χ1n) is 9.52. The van der Waals surface area contributed by atoms with Crippen molar-refractivity contribution < 1.29 is 9.59 Å². The third-order valence-corrected chi connectivity index (χ3v) is 6.62. The van der Waals surface area contributed by atoms with Crippen molar-refractivity contribution in [1.29, 1.82) is 0 Å². The van der Waals surface area contributed by atoms with Gasteiger partial charge in [0.1, 0.15) is 4.88 Å². The Bertz CT molecular complexity index is 672. The first-order chi connectivity index (χ1) is 12.1. The maximum absolute atomic E-state index is 13.1. The maximum atomic E-state index is 13.1. The zero-order valence-corrected chi connectivity index (χ0v) is 15.7. The van der Waals surface area contributed by atoms with Crippen molar-refractivity contribution in [2.45, 2.75) is 64.3 Å². The van der Waals surface area contributed by atoms with E-state index in [1.165, 1.54) is 11.5 Å². The van der Waals surface area contributed by atoms with Gasteiger partial charge in [-0.05, 0) is 50.1 Å². The van der Waals surface area contributed by atoms with Crippen molar-refractivity contribution in [3.63, 3.8) is 0 Å². The first kappa shape index (κ1) is 16.9. The number of aromatic nitrogens is 2. The summed E-state index contributed by atoms with van der Waals surface area (Å²) in [7, 11) is 0. The molecule has 0 bridgehead atoms. The van der Waals surface area contributed by atoms with Crippen LogP contribution in [0.25, 0.3) is 0 Å². The number of aryl methyl sites for hydroxylation is 1. The smallest absolute Gasteiger partial charge is 0.267 e. The average molecular weight is 362 g/mol. The minimum Gasteiger partial charge on any atom is -0.339 e. The topological polar surface area (TPSA) is 66.4 Å². The third kappa shape index (κ3) is 3.30. The van der Waals surface area contributed by atoms with Crippen LogP contribution >= 0.6 is 11.5 Å². The van der Waals surface area contributed by atoms with E-state index in [1.807, 2.05) is 4.90 Å². The Morgan fingerprint density at radius 2 is 2.16 bits per heavy atom. The molecule has 25 heavy (non-hydrogen) atoms. The molecule has 2 saturated heterocycles. The number of carbonyl (C=O) groups is 2. The predicted octanol–water partition coefficient (Wildman–Crippen LogP) is 2.50. The number of nitrogens with zero attached hydrogens (tertiary/aromatic N) is 4. The van der Waals surface area contributed by atoms with E-state index in [2.05, 4.69) is 21.4 Å². The molecule has 0 N–H and O–H groups in total. The van der Waals surface area contributed by atoms with Gasteiger partial charge >= 0.3 is 0 Å². The Balaban J connectivity index is 1.49. The van der Waals surface area contributed by atoms with Gasteiger partial charge in [-0.2, -0.15) is 0 Å². The minimum absolute atomic E-state index is 0.0902. The molecule has 0 aromatic carbocycles. The van der Waals surface area contributed by atoms with Crippen molar-refractivity contribution in [1.82, 2.24) is 19.4 Å². The number of hydrogen-bond acceptors (Lipinski definition) is 5. The molecule has 2 amide bonds. The Morgan fingerprint density at radius 1 is 1.32 bits per heavy atom. The highest BCUT2D eigenvalue weighted by molar-refractivity contribution is 7.08. The summed E-state index contributed by atoms with van der Waals surface area (Å²) in [6.07, 6.45) is 7.77. The van der Waals surface area contributed by atoms with Gasteiger partial charge in [0, 0.05) is 37.5 Å². The lowest BCUT2D eigenvalue weighted by Crippen LogP contribution is -2.55. The molecular weight excluding hydrogens is 336 g/mol. The Hall–Kier alpha value is -1.50. The van der Waals surface area contributed by atoms with Crippen LogP contribution in [-0.4, -0.2) is 56.9 Å². The second-order valence-corrected chi connectivity index (χ2v) is 8.64. The van der Waals surface area contributed by atoms with E-state index in [0.29, 0.717) is 23.2 Å². The number of carbonyl (C=O) groups excluding carboxylic acids is 2. The fourth-order valence-electron chi connectivity index (χ4n) is 4.39. The van der Waals surface area contributed by atoms with Crippen LogP contribution in [0.15, 0.2) is 0 Å². The average Bonchev–Trinajstić information content (AvgIpc) is 3.36. The van der Waals surface area contributed by atoms with E-state index < -0.39 is 0 Å². The predicted molar refractivity (Wildman–Crippen MR) is 95.4 cm³/mol. The summed E-state index contributed by atoms with van der Waals surface area (Å²) in [4.78, 5) is 30.1. The summed E-state index contributed by atoms with van der Waals surface area (Å²) < 4.78 is 4.01. The van der Waals surface area contributed by atoms with E-state index in [4.69, 9.17) is 0 Å². The van der Waals surface area contributed by atoms with Gasteiger partial charge in [0.2, 0.25) is 5.91 Å².